The molecule has 0 radical (unpaired) electrons. The van der Waals surface area contributed by atoms with Gasteiger partial charge in [-0.05, 0) is 32.1 Å². The predicted octanol–water partition coefficient (Wildman–Crippen LogP) is 1.49. The van der Waals surface area contributed by atoms with Crippen LogP contribution in [0.25, 0.3) is 0 Å². The third-order valence-electron chi connectivity index (χ3n) is 3.92. The quantitative estimate of drug-likeness (QED) is 0.815. The van der Waals surface area contributed by atoms with E-state index in [4.69, 9.17) is 0 Å². The Morgan fingerprint density at radius 2 is 2.24 bits per heavy atom. The number of carboxylic acids is 1. The molecule has 3 rings (SSSR count). The van der Waals surface area contributed by atoms with E-state index in [-0.39, 0.29) is 0 Å². The molecule has 5 nitrogen and oxygen atoms in total. The number of carboxylic acid groups (broad SMARTS) is 1. The summed E-state index contributed by atoms with van der Waals surface area (Å²) in [5.74, 6) is 0.429. The monoisotopic (exact) mass is 235 g/mol. The van der Waals surface area contributed by atoms with Crippen LogP contribution in [0.2, 0.25) is 0 Å². The van der Waals surface area contributed by atoms with E-state index in [1.54, 1.807) is 4.68 Å². The molecule has 0 bridgehead atoms. The molecule has 0 saturated heterocycles. The number of aromatic nitrogens is 2. The van der Waals surface area contributed by atoms with Crippen LogP contribution in [0, 0.1) is 12.8 Å². The smallest absolute Gasteiger partial charge is 0.311 e. The molecule has 0 unspecified atom stereocenters. The molecule has 1 aliphatic heterocycles. The zero-order valence-electron chi connectivity index (χ0n) is 10.1. The molecular weight excluding hydrogens is 218 g/mol. The molecule has 0 spiro atoms. The Morgan fingerprint density at radius 1 is 1.53 bits per heavy atom. The van der Waals surface area contributed by atoms with Crippen LogP contribution in [-0.2, 0) is 11.8 Å². The molecule has 17 heavy (non-hydrogen) atoms. The van der Waals surface area contributed by atoms with Gasteiger partial charge in [0, 0.05) is 18.7 Å². The highest BCUT2D eigenvalue weighted by atomic mass is 16.4. The number of anilines is 1. The highest BCUT2D eigenvalue weighted by Crippen LogP contribution is 2.44. The van der Waals surface area contributed by atoms with E-state index in [2.05, 4.69) is 10.4 Å². The van der Waals surface area contributed by atoms with Gasteiger partial charge in [0.1, 0.15) is 5.82 Å². The summed E-state index contributed by atoms with van der Waals surface area (Å²) >= 11 is 0. The van der Waals surface area contributed by atoms with E-state index in [1.165, 1.54) is 12.8 Å². The fourth-order valence-corrected chi connectivity index (χ4v) is 2.90. The number of aryl methyl sites for hydroxylation is 2. The van der Waals surface area contributed by atoms with E-state index in [0.29, 0.717) is 18.4 Å². The maximum atomic E-state index is 11.4. The first-order valence-corrected chi connectivity index (χ1v) is 6.10. The van der Waals surface area contributed by atoms with E-state index in [1.807, 2.05) is 14.0 Å². The highest BCUT2D eigenvalue weighted by Gasteiger charge is 2.41. The largest absolute Gasteiger partial charge is 0.481 e. The van der Waals surface area contributed by atoms with Gasteiger partial charge in [0.15, 0.2) is 0 Å². The van der Waals surface area contributed by atoms with E-state index in [9.17, 15) is 9.90 Å². The van der Waals surface area contributed by atoms with Crippen molar-refractivity contribution in [2.45, 2.75) is 38.1 Å². The number of rotatable bonds is 2. The molecule has 1 saturated carbocycles. The minimum Gasteiger partial charge on any atom is -0.481 e. The standard InChI is InChI=1S/C12H17N3O2/c1-6-10-8(12(16)17)5-9(7-3-4-7)13-11(10)15(2)14-6/h7-9,13H,3-5H2,1-2H3,(H,16,17)/t8-,9+/m1/s1. The number of fused-ring (bicyclic) bond motifs is 1. The van der Waals surface area contributed by atoms with Gasteiger partial charge in [0.2, 0.25) is 0 Å². The Kier molecular flexibility index (Phi) is 2.18. The zero-order valence-corrected chi connectivity index (χ0v) is 10.1. The summed E-state index contributed by atoms with van der Waals surface area (Å²) in [6.45, 7) is 1.88. The lowest BCUT2D eigenvalue weighted by Gasteiger charge is -2.29. The molecule has 92 valence electrons. The summed E-state index contributed by atoms with van der Waals surface area (Å²) in [4.78, 5) is 11.4. The first-order chi connectivity index (χ1) is 8.08. The zero-order chi connectivity index (χ0) is 12.2. The first kappa shape index (κ1) is 10.6. The average Bonchev–Trinajstić information content (AvgIpc) is 3.07. The Morgan fingerprint density at radius 3 is 2.82 bits per heavy atom. The molecule has 1 fully saturated rings. The van der Waals surface area contributed by atoms with Crippen molar-refractivity contribution in [2.75, 3.05) is 5.32 Å². The van der Waals surface area contributed by atoms with Crippen molar-refractivity contribution in [3.05, 3.63) is 11.3 Å². The Bertz CT molecular complexity index is 476. The predicted molar refractivity (Wildman–Crippen MR) is 63.1 cm³/mol. The fourth-order valence-electron chi connectivity index (χ4n) is 2.90. The molecule has 2 aliphatic rings. The van der Waals surface area contributed by atoms with Crippen LogP contribution in [0.5, 0.6) is 0 Å². The van der Waals surface area contributed by atoms with Gasteiger partial charge >= 0.3 is 5.97 Å². The van der Waals surface area contributed by atoms with Crippen molar-refractivity contribution >= 4 is 11.8 Å². The van der Waals surface area contributed by atoms with Gasteiger partial charge in [0.05, 0.1) is 11.6 Å². The van der Waals surface area contributed by atoms with Crippen LogP contribution in [0.1, 0.15) is 36.4 Å². The Labute approximate surface area is 99.8 Å². The Hall–Kier alpha value is -1.52. The molecule has 1 aromatic heterocycles. The van der Waals surface area contributed by atoms with Crippen molar-refractivity contribution in [2.24, 2.45) is 13.0 Å². The maximum Gasteiger partial charge on any atom is 0.311 e. The van der Waals surface area contributed by atoms with Crippen LogP contribution in [-0.4, -0.2) is 26.9 Å². The van der Waals surface area contributed by atoms with Gasteiger partial charge in [-0.2, -0.15) is 5.10 Å². The van der Waals surface area contributed by atoms with Crippen molar-refractivity contribution in [1.29, 1.82) is 0 Å². The topological polar surface area (TPSA) is 67.2 Å². The summed E-state index contributed by atoms with van der Waals surface area (Å²) in [6.07, 6.45) is 3.13. The molecular formula is C12H17N3O2. The SMILES string of the molecule is Cc1nn(C)c2c1[C@H](C(=O)O)C[C@@H](C1CC1)N2. The highest BCUT2D eigenvalue weighted by molar-refractivity contribution is 5.80. The summed E-state index contributed by atoms with van der Waals surface area (Å²) in [7, 11) is 1.87. The van der Waals surface area contributed by atoms with E-state index < -0.39 is 11.9 Å². The first-order valence-electron chi connectivity index (χ1n) is 6.10. The van der Waals surface area contributed by atoms with Gasteiger partial charge in [0.25, 0.3) is 0 Å². The summed E-state index contributed by atoms with van der Waals surface area (Å²) in [6, 6.07) is 0.304. The lowest BCUT2D eigenvalue weighted by molar-refractivity contribution is -0.139. The summed E-state index contributed by atoms with van der Waals surface area (Å²) in [5, 5.41) is 17.2. The summed E-state index contributed by atoms with van der Waals surface area (Å²) < 4.78 is 1.77. The molecule has 0 aromatic carbocycles. The second-order valence-electron chi connectivity index (χ2n) is 5.19. The van der Waals surface area contributed by atoms with Gasteiger partial charge in [-0.25, -0.2) is 0 Å². The fraction of sp³-hybridized carbons (Fsp3) is 0.667. The number of hydrogen-bond acceptors (Lipinski definition) is 3. The molecule has 1 aromatic rings. The van der Waals surface area contributed by atoms with E-state index in [0.717, 1.165) is 17.1 Å². The average molecular weight is 235 g/mol. The van der Waals surface area contributed by atoms with Gasteiger partial charge < -0.3 is 10.4 Å². The molecule has 2 atom stereocenters. The number of aliphatic carboxylic acids is 1. The number of carbonyl (C=O) groups is 1. The number of hydrogen-bond donors (Lipinski definition) is 2. The lowest BCUT2D eigenvalue weighted by Crippen LogP contribution is -2.33. The Balaban J connectivity index is 2.03. The molecule has 1 aliphatic carbocycles. The third kappa shape index (κ3) is 1.61. The van der Waals surface area contributed by atoms with Crippen LogP contribution in [0.15, 0.2) is 0 Å². The maximum absolute atomic E-state index is 11.4. The van der Waals surface area contributed by atoms with Gasteiger partial charge in [-0.1, -0.05) is 0 Å². The summed E-state index contributed by atoms with van der Waals surface area (Å²) in [5.41, 5.74) is 1.70. The van der Waals surface area contributed by atoms with Crippen LogP contribution in [0.3, 0.4) is 0 Å². The van der Waals surface area contributed by atoms with Crippen LogP contribution >= 0.6 is 0 Å². The minimum atomic E-state index is -0.727. The molecule has 2 N–H and O–H groups in total. The molecule has 5 heteroatoms. The number of nitrogens with one attached hydrogen (secondary N) is 1. The number of nitrogens with zero attached hydrogens (tertiary/aromatic N) is 2. The van der Waals surface area contributed by atoms with Crippen molar-refractivity contribution < 1.29 is 9.90 Å². The molecule has 0 amide bonds. The lowest BCUT2D eigenvalue weighted by atomic mass is 9.86. The van der Waals surface area contributed by atoms with Crippen molar-refractivity contribution in [1.82, 2.24) is 9.78 Å². The minimum absolute atomic E-state index is 0.304. The normalized spacial score (nSPS) is 27.4. The third-order valence-corrected chi connectivity index (χ3v) is 3.92. The molecule has 2 heterocycles. The van der Waals surface area contributed by atoms with Crippen molar-refractivity contribution in [3.63, 3.8) is 0 Å². The van der Waals surface area contributed by atoms with Crippen molar-refractivity contribution in [3.8, 4) is 0 Å². The van der Waals surface area contributed by atoms with Gasteiger partial charge in [-0.3, -0.25) is 9.48 Å². The second-order valence-corrected chi connectivity index (χ2v) is 5.19. The van der Waals surface area contributed by atoms with E-state index >= 15 is 0 Å². The van der Waals surface area contributed by atoms with Crippen LogP contribution in [0.4, 0.5) is 5.82 Å². The van der Waals surface area contributed by atoms with Crippen LogP contribution < -0.4 is 5.32 Å². The second kappa shape index (κ2) is 3.48. The van der Waals surface area contributed by atoms with Gasteiger partial charge in [-0.15, -0.1) is 0 Å².